The normalized spacial score (nSPS) is 16.7. The molecule has 1 heterocycles. The van der Waals surface area contributed by atoms with E-state index in [1.165, 1.54) is 12.8 Å². The molecule has 1 aromatic rings. The van der Waals surface area contributed by atoms with Crippen LogP contribution < -0.4 is 11.1 Å². The molecule has 120 valence electrons. The van der Waals surface area contributed by atoms with Gasteiger partial charge < -0.3 is 16.0 Å². The van der Waals surface area contributed by atoms with Gasteiger partial charge in [-0.2, -0.15) is 0 Å². The van der Waals surface area contributed by atoms with Crippen molar-refractivity contribution in [2.75, 3.05) is 19.6 Å². The summed E-state index contributed by atoms with van der Waals surface area (Å²) in [7, 11) is 0. The molecule has 1 fully saturated rings. The summed E-state index contributed by atoms with van der Waals surface area (Å²) in [6.45, 7) is 2.03. The third-order valence-corrected chi connectivity index (χ3v) is 4.04. The van der Waals surface area contributed by atoms with E-state index in [2.05, 4.69) is 5.32 Å². The quantitative estimate of drug-likeness (QED) is 0.867. The van der Waals surface area contributed by atoms with E-state index in [0.29, 0.717) is 13.0 Å². The van der Waals surface area contributed by atoms with Gasteiger partial charge in [-0.3, -0.25) is 9.59 Å². The van der Waals surface area contributed by atoms with E-state index < -0.39 is 6.04 Å². The van der Waals surface area contributed by atoms with Crippen LogP contribution in [0.3, 0.4) is 0 Å². The molecule has 5 nitrogen and oxygen atoms in total. The minimum atomic E-state index is -0.686. The van der Waals surface area contributed by atoms with Gasteiger partial charge >= 0.3 is 0 Å². The number of carbonyl (C=O) groups excluding carboxylic acids is 2. The second kappa shape index (κ2) is 8.54. The molecule has 22 heavy (non-hydrogen) atoms. The fraction of sp³-hybridized carbons (Fsp3) is 0.529. The van der Waals surface area contributed by atoms with Gasteiger partial charge in [0.1, 0.15) is 6.04 Å². The first-order chi connectivity index (χ1) is 10.7. The zero-order valence-corrected chi connectivity index (χ0v) is 13.0. The number of benzene rings is 1. The Morgan fingerprint density at radius 2 is 1.73 bits per heavy atom. The molecule has 2 rings (SSSR count). The van der Waals surface area contributed by atoms with Crippen LogP contribution in [0.2, 0.25) is 0 Å². The second-order valence-electron chi connectivity index (χ2n) is 5.72. The Morgan fingerprint density at radius 1 is 1.09 bits per heavy atom. The number of likely N-dealkylation sites (tertiary alicyclic amines) is 1. The average Bonchev–Trinajstić information content (AvgIpc) is 2.84. The van der Waals surface area contributed by atoms with E-state index >= 15 is 0 Å². The van der Waals surface area contributed by atoms with Gasteiger partial charge in [-0.1, -0.05) is 43.2 Å². The lowest BCUT2D eigenvalue weighted by Gasteiger charge is -2.20. The van der Waals surface area contributed by atoms with Crippen LogP contribution in [0.4, 0.5) is 0 Å². The number of hydrogen-bond acceptors (Lipinski definition) is 3. The maximum Gasteiger partial charge on any atom is 0.241 e. The number of nitrogens with zero attached hydrogens (tertiary/aromatic N) is 1. The molecule has 0 bridgehead atoms. The van der Waals surface area contributed by atoms with E-state index in [1.54, 1.807) is 0 Å². The Labute approximate surface area is 131 Å². The van der Waals surface area contributed by atoms with Crippen molar-refractivity contribution in [3.05, 3.63) is 35.9 Å². The molecule has 3 N–H and O–H groups in total. The summed E-state index contributed by atoms with van der Waals surface area (Å²) in [4.78, 5) is 26.0. The molecule has 1 aromatic carbocycles. The predicted molar refractivity (Wildman–Crippen MR) is 86.0 cm³/mol. The van der Waals surface area contributed by atoms with Gasteiger partial charge in [0.15, 0.2) is 0 Å². The van der Waals surface area contributed by atoms with E-state index in [9.17, 15) is 9.59 Å². The van der Waals surface area contributed by atoms with Crippen LogP contribution in [-0.2, 0) is 9.59 Å². The SMILES string of the molecule is NC(C(=O)NCCC(=O)N1CCCCCC1)c1ccccc1. The van der Waals surface area contributed by atoms with Gasteiger partial charge in [0.05, 0.1) is 0 Å². The molecule has 1 aliphatic heterocycles. The molecule has 0 spiro atoms. The highest BCUT2D eigenvalue weighted by Gasteiger charge is 2.17. The van der Waals surface area contributed by atoms with Crippen LogP contribution >= 0.6 is 0 Å². The van der Waals surface area contributed by atoms with Gasteiger partial charge in [-0.25, -0.2) is 0 Å². The summed E-state index contributed by atoms with van der Waals surface area (Å²) >= 11 is 0. The molecule has 2 amide bonds. The third kappa shape index (κ3) is 4.84. The average molecular weight is 303 g/mol. The van der Waals surface area contributed by atoms with Crippen LogP contribution in [0.5, 0.6) is 0 Å². The largest absolute Gasteiger partial charge is 0.354 e. The first kappa shape index (κ1) is 16.5. The summed E-state index contributed by atoms with van der Waals surface area (Å²) in [5.41, 5.74) is 6.69. The monoisotopic (exact) mass is 303 g/mol. The third-order valence-electron chi connectivity index (χ3n) is 4.04. The minimum Gasteiger partial charge on any atom is -0.354 e. The molecule has 0 aliphatic carbocycles. The number of carbonyl (C=O) groups is 2. The van der Waals surface area contributed by atoms with Gasteiger partial charge in [0, 0.05) is 26.1 Å². The van der Waals surface area contributed by atoms with Crippen LogP contribution in [0, 0.1) is 0 Å². The summed E-state index contributed by atoms with van der Waals surface area (Å²) in [5.74, 6) is -0.120. The van der Waals surface area contributed by atoms with Gasteiger partial charge in [0.2, 0.25) is 11.8 Å². The number of nitrogens with two attached hydrogens (primary N) is 1. The molecular weight excluding hydrogens is 278 g/mol. The van der Waals surface area contributed by atoms with Gasteiger partial charge in [-0.15, -0.1) is 0 Å². The number of rotatable bonds is 5. The zero-order chi connectivity index (χ0) is 15.8. The Balaban J connectivity index is 1.73. The van der Waals surface area contributed by atoms with E-state index in [1.807, 2.05) is 35.2 Å². The van der Waals surface area contributed by atoms with E-state index in [4.69, 9.17) is 5.73 Å². The Bertz CT molecular complexity index is 482. The molecule has 0 aromatic heterocycles. The molecule has 1 saturated heterocycles. The highest BCUT2D eigenvalue weighted by molar-refractivity contribution is 5.83. The van der Waals surface area contributed by atoms with Crippen molar-refractivity contribution in [1.82, 2.24) is 10.2 Å². The molecule has 1 aliphatic rings. The first-order valence-corrected chi connectivity index (χ1v) is 8.04. The lowest BCUT2D eigenvalue weighted by atomic mass is 10.1. The second-order valence-corrected chi connectivity index (χ2v) is 5.72. The minimum absolute atomic E-state index is 0.121. The Hall–Kier alpha value is -1.88. The fourth-order valence-corrected chi connectivity index (χ4v) is 2.69. The summed E-state index contributed by atoms with van der Waals surface area (Å²) in [6.07, 6.45) is 4.90. The van der Waals surface area contributed by atoms with Gasteiger partial charge in [-0.05, 0) is 18.4 Å². The molecule has 0 saturated carbocycles. The first-order valence-electron chi connectivity index (χ1n) is 8.04. The van der Waals surface area contributed by atoms with Crippen molar-refractivity contribution in [3.8, 4) is 0 Å². The lowest BCUT2D eigenvalue weighted by Crippen LogP contribution is -2.38. The number of amides is 2. The highest BCUT2D eigenvalue weighted by atomic mass is 16.2. The smallest absolute Gasteiger partial charge is 0.241 e. The standard InChI is InChI=1S/C17H25N3O2/c18-16(14-8-4-3-5-9-14)17(22)19-11-10-15(21)20-12-6-1-2-7-13-20/h3-5,8-9,16H,1-2,6-7,10-13,18H2,(H,19,22). The van der Waals surface area contributed by atoms with E-state index in [-0.39, 0.29) is 11.8 Å². The van der Waals surface area contributed by atoms with Gasteiger partial charge in [0.25, 0.3) is 0 Å². The predicted octanol–water partition coefficient (Wildman–Crippen LogP) is 1.60. The van der Waals surface area contributed by atoms with Crippen molar-refractivity contribution in [2.45, 2.75) is 38.1 Å². The van der Waals surface area contributed by atoms with Crippen molar-refractivity contribution in [1.29, 1.82) is 0 Å². The number of nitrogens with one attached hydrogen (secondary N) is 1. The molecule has 5 heteroatoms. The molecular formula is C17H25N3O2. The van der Waals surface area contributed by atoms with Crippen molar-refractivity contribution < 1.29 is 9.59 Å². The van der Waals surface area contributed by atoms with Crippen LogP contribution in [0.25, 0.3) is 0 Å². The van der Waals surface area contributed by atoms with Crippen molar-refractivity contribution in [2.24, 2.45) is 5.73 Å². The van der Waals surface area contributed by atoms with Crippen LogP contribution in [-0.4, -0.2) is 36.3 Å². The van der Waals surface area contributed by atoms with Crippen LogP contribution in [0.15, 0.2) is 30.3 Å². The topological polar surface area (TPSA) is 75.4 Å². The fourth-order valence-electron chi connectivity index (χ4n) is 2.69. The highest BCUT2D eigenvalue weighted by Crippen LogP contribution is 2.11. The van der Waals surface area contributed by atoms with Crippen molar-refractivity contribution in [3.63, 3.8) is 0 Å². The maximum absolute atomic E-state index is 12.1. The molecule has 0 radical (unpaired) electrons. The summed E-state index contributed by atoms with van der Waals surface area (Å²) in [5, 5.41) is 2.76. The molecule has 1 atom stereocenters. The van der Waals surface area contributed by atoms with Crippen molar-refractivity contribution >= 4 is 11.8 Å². The summed E-state index contributed by atoms with van der Waals surface area (Å²) < 4.78 is 0. The van der Waals surface area contributed by atoms with Crippen LogP contribution in [0.1, 0.15) is 43.7 Å². The number of hydrogen-bond donors (Lipinski definition) is 2. The Morgan fingerprint density at radius 3 is 2.36 bits per heavy atom. The van der Waals surface area contributed by atoms with E-state index in [0.717, 1.165) is 31.5 Å². The molecule has 1 unspecified atom stereocenters. The summed E-state index contributed by atoms with van der Waals surface area (Å²) in [6, 6.07) is 8.55. The maximum atomic E-state index is 12.1. The lowest BCUT2D eigenvalue weighted by molar-refractivity contribution is -0.131. The zero-order valence-electron chi connectivity index (χ0n) is 13.0. The Kier molecular flexibility index (Phi) is 6.40.